The predicted octanol–water partition coefficient (Wildman–Crippen LogP) is 0.00400. The second-order valence-corrected chi connectivity index (χ2v) is 4.05. The lowest BCUT2D eigenvalue weighted by molar-refractivity contribution is -0.137. The van der Waals surface area contributed by atoms with Crippen LogP contribution in [0.1, 0.15) is 6.42 Å². The van der Waals surface area contributed by atoms with Crippen LogP contribution in [0, 0.1) is 0 Å². The fourth-order valence-corrected chi connectivity index (χ4v) is 1.86. The molecule has 1 aliphatic rings. The van der Waals surface area contributed by atoms with Gasteiger partial charge in [-0.2, -0.15) is 0 Å². The average Bonchev–Trinajstić information content (AvgIpc) is 2.28. The quantitative estimate of drug-likeness (QED) is 0.778. The molecule has 0 heterocycles. The van der Waals surface area contributed by atoms with E-state index in [4.69, 9.17) is 9.84 Å². The van der Waals surface area contributed by atoms with E-state index in [9.17, 15) is 4.79 Å². The molecule has 0 fully saturated rings. The first kappa shape index (κ1) is 11.5. The predicted molar refractivity (Wildman–Crippen MR) is 65.0 cm³/mol. The fraction of sp³-hybridized carbons (Fsp3) is 0.308. The van der Waals surface area contributed by atoms with Crippen molar-refractivity contribution in [3.8, 4) is 5.75 Å². The molecule has 0 spiro atoms. The van der Waals surface area contributed by atoms with Crippen molar-refractivity contribution in [2.45, 2.75) is 6.42 Å². The molecule has 0 aromatic heterocycles. The third kappa shape index (κ3) is 2.25. The van der Waals surface area contributed by atoms with E-state index in [0.29, 0.717) is 6.54 Å². The minimum atomic E-state index is -0.775. The highest BCUT2D eigenvalue weighted by molar-refractivity contribution is 5.81. The van der Waals surface area contributed by atoms with E-state index in [-0.39, 0.29) is 6.42 Å². The SMILES string of the molecule is COc1ccc2c(c1)=C(N(C)CCC(=O)O)C=2. The van der Waals surface area contributed by atoms with Crippen molar-refractivity contribution in [2.75, 3.05) is 20.7 Å². The normalized spacial score (nSPS) is 12.2. The summed E-state index contributed by atoms with van der Waals surface area (Å²) in [5, 5.41) is 10.9. The summed E-state index contributed by atoms with van der Waals surface area (Å²) in [5.74, 6) is 0.0450. The van der Waals surface area contributed by atoms with Crippen molar-refractivity contribution in [2.24, 2.45) is 0 Å². The Bertz CT molecular complexity index is 563. The number of benzene rings is 1. The van der Waals surface area contributed by atoms with Crippen LogP contribution in [-0.2, 0) is 4.79 Å². The number of methoxy groups -OCH3 is 1. The summed E-state index contributed by atoms with van der Waals surface area (Å²) in [4.78, 5) is 12.5. The zero-order chi connectivity index (χ0) is 12.4. The van der Waals surface area contributed by atoms with E-state index in [1.807, 2.05) is 30.1 Å². The Kier molecular flexibility index (Phi) is 3.04. The second kappa shape index (κ2) is 4.49. The van der Waals surface area contributed by atoms with E-state index < -0.39 is 5.97 Å². The highest BCUT2D eigenvalue weighted by atomic mass is 16.5. The number of rotatable bonds is 5. The number of fused-ring (bicyclic) bond motifs is 1. The Labute approximate surface area is 99.4 Å². The Balaban J connectivity index is 2.21. The molecule has 4 nitrogen and oxygen atoms in total. The van der Waals surface area contributed by atoms with E-state index in [1.165, 1.54) is 5.22 Å². The summed E-state index contributed by atoms with van der Waals surface area (Å²) in [6.07, 6.45) is 2.20. The molecule has 0 amide bonds. The summed E-state index contributed by atoms with van der Waals surface area (Å²) < 4.78 is 5.17. The third-order valence-corrected chi connectivity index (χ3v) is 2.90. The van der Waals surface area contributed by atoms with Gasteiger partial charge in [0.1, 0.15) is 5.75 Å². The Morgan fingerprint density at radius 1 is 1.47 bits per heavy atom. The van der Waals surface area contributed by atoms with Crippen LogP contribution < -0.4 is 15.2 Å². The summed E-state index contributed by atoms with van der Waals surface area (Å²) >= 11 is 0. The molecule has 17 heavy (non-hydrogen) atoms. The molecule has 0 radical (unpaired) electrons. The Morgan fingerprint density at radius 3 is 2.88 bits per heavy atom. The van der Waals surface area contributed by atoms with Gasteiger partial charge < -0.3 is 14.7 Å². The molecular formula is C13H15NO3. The van der Waals surface area contributed by atoms with E-state index in [1.54, 1.807) is 7.11 Å². The number of hydrogen-bond acceptors (Lipinski definition) is 3. The lowest BCUT2D eigenvalue weighted by Gasteiger charge is -2.24. The lowest BCUT2D eigenvalue weighted by atomic mass is 10.0. The number of aliphatic carboxylic acids is 1. The molecule has 1 aromatic rings. The maximum Gasteiger partial charge on any atom is 0.305 e. The minimum Gasteiger partial charge on any atom is -0.497 e. The first-order valence-electron chi connectivity index (χ1n) is 5.45. The van der Waals surface area contributed by atoms with Gasteiger partial charge in [0.25, 0.3) is 0 Å². The molecule has 1 aromatic carbocycles. The van der Waals surface area contributed by atoms with Gasteiger partial charge in [-0.3, -0.25) is 4.79 Å². The van der Waals surface area contributed by atoms with Gasteiger partial charge >= 0.3 is 5.97 Å². The smallest absolute Gasteiger partial charge is 0.305 e. The van der Waals surface area contributed by atoms with Gasteiger partial charge in [-0.1, -0.05) is 6.07 Å². The van der Waals surface area contributed by atoms with Crippen molar-refractivity contribution >= 4 is 17.7 Å². The molecule has 0 bridgehead atoms. The van der Waals surface area contributed by atoms with Gasteiger partial charge in [0.2, 0.25) is 0 Å². The highest BCUT2D eigenvalue weighted by Crippen LogP contribution is 2.10. The van der Waals surface area contributed by atoms with Crippen molar-refractivity contribution < 1.29 is 14.6 Å². The monoisotopic (exact) mass is 233 g/mol. The van der Waals surface area contributed by atoms with Gasteiger partial charge in [-0.05, 0) is 23.4 Å². The average molecular weight is 233 g/mol. The molecule has 2 rings (SSSR count). The molecule has 0 atom stereocenters. The van der Waals surface area contributed by atoms with Crippen molar-refractivity contribution in [1.82, 2.24) is 4.90 Å². The van der Waals surface area contributed by atoms with Gasteiger partial charge in [0.05, 0.1) is 13.5 Å². The first-order chi connectivity index (χ1) is 8.11. The van der Waals surface area contributed by atoms with E-state index in [2.05, 4.69) is 6.08 Å². The lowest BCUT2D eigenvalue weighted by Crippen LogP contribution is -2.40. The fourth-order valence-electron chi connectivity index (χ4n) is 1.86. The van der Waals surface area contributed by atoms with Crippen LogP contribution in [0.15, 0.2) is 18.2 Å². The first-order valence-corrected chi connectivity index (χ1v) is 5.45. The molecule has 0 unspecified atom stereocenters. The van der Waals surface area contributed by atoms with Crippen LogP contribution in [0.3, 0.4) is 0 Å². The van der Waals surface area contributed by atoms with Gasteiger partial charge in [0.15, 0.2) is 0 Å². The maximum atomic E-state index is 10.5. The zero-order valence-electron chi connectivity index (χ0n) is 9.93. The molecule has 90 valence electrons. The molecule has 1 aliphatic carbocycles. The summed E-state index contributed by atoms with van der Waals surface area (Å²) in [6, 6.07) is 5.90. The number of ether oxygens (including phenoxy) is 1. The van der Waals surface area contributed by atoms with Gasteiger partial charge in [0, 0.05) is 24.5 Å². The summed E-state index contributed by atoms with van der Waals surface area (Å²) in [5.41, 5.74) is 1.07. The van der Waals surface area contributed by atoms with Gasteiger partial charge in [-0.15, -0.1) is 0 Å². The van der Waals surface area contributed by atoms with E-state index >= 15 is 0 Å². The minimum absolute atomic E-state index is 0.146. The van der Waals surface area contributed by atoms with Crippen LogP contribution in [0.25, 0.3) is 11.8 Å². The molecule has 0 saturated carbocycles. The van der Waals surface area contributed by atoms with E-state index in [0.717, 1.165) is 16.7 Å². The van der Waals surface area contributed by atoms with Crippen LogP contribution in [0.4, 0.5) is 0 Å². The van der Waals surface area contributed by atoms with Crippen LogP contribution >= 0.6 is 0 Å². The topological polar surface area (TPSA) is 49.8 Å². The molecule has 4 heteroatoms. The Hall–Kier alpha value is -1.97. The van der Waals surface area contributed by atoms with Crippen LogP contribution in [-0.4, -0.2) is 36.7 Å². The number of carboxylic acids is 1. The third-order valence-electron chi connectivity index (χ3n) is 2.90. The number of hydrogen-bond donors (Lipinski definition) is 1. The molecule has 1 N–H and O–H groups in total. The molecule has 0 aliphatic heterocycles. The summed E-state index contributed by atoms with van der Waals surface area (Å²) in [7, 11) is 3.54. The van der Waals surface area contributed by atoms with Crippen LogP contribution in [0.2, 0.25) is 0 Å². The van der Waals surface area contributed by atoms with Crippen molar-refractivity contribution in [3.63, 3.8) is 0 Å². The van der Waals surface area contributed by atoms with Gasteiger partial charge in [-0.25, -0.2) is 0 Å². The van der Waals surface area contributed by atoms with Crippen LogP contribution in [0.5, 0.6) is 5.75 Å². The second-order valence-electron chi connectivity index (χ2n) is 4.05. The number of carbonyl (C=O) groups is 1. The number of nitrogens with zero attached hydrogens (tertiary/aromatic N) is 1. The van der Waals surface area contributed by atoms with Crippen molar-refractivity contribution in [3.05, 3.63) is 28.6 Å². The highest BCUT2D eigenvalue weighted by Gasteiger charge is 2.12. The summed E-state index contributed by atoms with van der Waals surface area (Å²) in [6.45, 7) is 0.512. The zero-order valence-corrected chi connectivity index (χ0v) is 9.93. The number of carboxylic acid groups (broad SMARTS) is 1. The largest absolute Gasteiger partial charge is 0.497 e. The standard InChI is InChI=1S/C13H15NO3/c1-14(6-5-13(15)16)12-7-9-3-4-10(17-2)8-11(9)12/h3-4,7-8H,5-6H2,1-2H3,(H,15,16). The Morgan fingerprint density at radius 2 is 2.24 bits per heavy atom. The van der Waals surface area contributed by atoms with Crippen molar-refractivity contribution in [1.29, 1.82) is 0 Å². The molecular weight excluding hydrogens is 218 g/mol. The molecule has 0 saturated heterocycles. The maximum absolute atomic E-state index is 10.5.